The Bertz CT molecular complexity index is 449. The van der Waals surface area contributed by atoms with Crippen LogP contribution in [-0.2, 0) is 11.3 Å². The van der Waals surface area contributed by atoms with E-state index in [0.717, 1.165) is 37.4 Å². The van der Waals surface area contributed by atoms with E-state index in [0.29, 0.717) is 12.5 Å². The van der Waals surface area contributed by atoms with E-state index in [2.05, 4.69) is 10.3 Å². The quantitative estimate of drug-likeness (QED) is 0.836. The average Bonchev–Trinajstić information content (AvgIpc) is 2.83. The van der Waals surface area contributed by atoms with Crippen LogP contribution in [0.5, 0.6) is 0 Å². The highest BCUT2D eigenvalue weighted by atomic mass is 16.4. The summed E-state index contributed by atoms with van der Waals surface area (Å²) in [5.74, 6) is -0.420. The van der Waals surface area contributed by atoms with Crippen molar-refractivity contribution in [3.63, 3.8) is 0 Å². The Morgan fingerprint density at radius 1 is 1.39 bits per heavy atom. The minimum atomic E-state index is -0.746. The lowest BCUT2D eigenvalue weighted by atomic mass is 9.99. The molecular formula is C13H19N3O2. The van der Waals surface area contributed by atoms with Crippen LogP contribution in [-0.4, -0.2) is 27.2 Å². The Morgan fingerprint density at radius 2 is 2.28 bits per heavy atom. The van der Waals surface area contributed by atoms with Gasteiger partial charge in [-0.15, -0.1) is 0 Å². The van der Waals surface area contributed by atoms with Gasteiger partial charge in [0.2, 0.25) is 0 Å². The number of aryl methyl sites for hydroxylation is 1. The molecule has 2 aliphatic heterocycles. The zero-order valence-corrected chi connectivity index (χ0v) is 10.4. The first kappa shape index (κ1) is 11.7. The van der Waals surface area contributed by atoms with E-state index in [9.17, 15) is 9.90 Å². The highest BCUT2D eigenvalue weighted by Gasteiger charge is 2.30. The lowest BCUT2D eigenvalue weighted by Gasteiger charge is -2.21. The minimum Gasteiger partial charge on any atom is -0.481 e. The number of piperidine rings is 1. The van der Waals surface area contributed by atoms with Crippen molar-refractivity contribution in [2.45, 2.75) is 50.6 Å². The van der Waals surface area contributed by atoms with Crippen molar-refractivity contribution in [3.05, 3.63) is 17.7 Å². The maximum atomic E-state index is 11.2. The third-order valence-electron chi connectivity index (χ3n) is 3.99. The normalized spacial score (nSPS) is 27.8. The monoisotopic (exact) mass is 249 g/mol. The summed E-state index contributed by atoms with van der Waals surface area (Å²) in [6, 6.07) is 0.311. The van der Waals surface area contributed by atoms with Crippen LogP contribution in [0.1, 0.15) is 55.6 Å². The number of nitrogens with one attached hydrogen (secondary N) is 1. The predicted octanol–water partition coefficient (Wildman–Crippen LogP) is 1.66. The van der Waals surface area contributed by atoms with Crippen molar-refractivity contribution in [1.82, 2.24) is 14.9 Å². The molecule has 1 aromatic heterocycles. The Morgan fingerprint density at radius 3 is 3.00 bits per heavy atom. The van der Waals surface area contributed by atoms with Crippen LogP contribution in [0.15, 0.2) is 6.20 Å². The van der Waals surface area contributed by atoms with Gasteiger partial charge in [-0.1, -0.05) is 6.42 Å². The molecule has 2 aliphatic rings. The highest BCUT2D eigenvalue weighted by molar-refractivity contribution is 5.75. The van der Waals surface area contributed by atoms with Gasteiger partial charge in [0.25, 0.3) is 0 Å². The summed E-state index contributed by atoms with van der Waals surface area (Å²) in [5.41, 5.74) is 1.03. The van der Waals surface area contributed by atoms with Gasteiger partial charge in [0.15, 0.2) is 0 Å². The first-order valence-electron chi connectivity index (χ1n) is 6.79. The molecule has 5 nitrogen and oxygen atoms in total. The minimum absolute atomic E-state index is 0.311. The molecule has 2 unspecified atom stereocenters. The molecule has 1 fully saturated rings. The van der Waals surface area contributed by atoms with Crippen LogP contribution in [0, 0.1) is 0 Å². The molecule has 3 heterocycles. The molecule has 0 bridgehead atoms. The second kappa shape index (κ2) is 4.72. The van der Waals surface area contributed by atoms with E-state index in [-0.39, 0.29) is 0 Å². The molecule has 0 saturated carbocycles. The van der Waals surface area contributed by atoms with Crippen molar-refractivity contribution in [2.75, 3.05) is 6.54 Å². The summed E-state index contributed by atoms with van der Waals surface area (Å²) >= 11 is 0. The van der Waals surface area contributed by atoms with Crippen molar-refractivity contribution in [2.24, 2.45) is 0 Å². The predicted molar refractivity (Wildman–Crippen MR) is 66.4 cm³/mol. The second-order valence-corrected chi connectivity index (χ2v) is 5.25. The van der Waals surface area contributed by atoms with E-state index in [4.69, 9.17) is 0 Å². The number of imidazole rings is 1. The van der Waals surface area contributed by atoms with E-state index in [1.165, 1.54) is 12.8 Å². The molecule has 2 atom stereocenters. The van der Waals surface area contributed by atoms with E-state index in [1.807, 2.05) is 10.8 Å². The third-order valence-corrected chi connectivity index (χ3v) is 3.99. The van der Waals surface area contributed by atoms with Crippen molar-refractivity contribution in [1.29, 1.82) is 0 Å². The number of carboxylic acids is 1. The first-order valence-corrected chi connectivity index (χ1v) is 6.79. The third kappa shape index (κ3) is 2.03. The molecule has 1 aromatic rings. The van der Waals surface area contributed by atoms with Crippen molar-refractivity contribution in [3.8, 4) is 0 Å². The molecule has 3 rings (SSSR count). The number of nitrogens with zero attached hydrogens (tertiary/aromatic N) is 2. The topological polar surface area (TPSA) is 67.2 Å². The van der Waals surface area contributed by atoms with Crippen LogP contribution in [0.3, 0.4) is 0 Å². The molecule has 1 saturated heterocycles. The number of carbonyl (C=O) groups is 1. The zero-order chi connectivity index (χ0) is 12.5. The number of hydrogen-bond acceptors (Lipinski definition) is 3. The summed E-state index contributed by atoms with van der Waals surface area (Å²) in [6.45, 7) is 1.94. The number of hydrogen-bond donors (Lipinski definition) is 2. The zero-order valence-electron chi connectivity index (χ0n) is 10.4. The van der Waals surface area contributed by atoms with Gasteiger partial charge in [-0.2, -0.15) is 0 Å². The Balaban J connectivity index is 1.88. The van der Waals surface area contributed by atoms with Gasteiger partial charge in [0, 0.05) is 12.7 Å². The Kier molecular flexibility index (Phi) is 3.07. The van der Waals surface area contributed by atoms with Gasteiger partial charge < -0.3 is 15.0 Å². The van der Waals surface area contributed by atoms with Gasteiger partial charge in [-0.25, -0.2) is 4.98 Å². The van der Waals surface area contributed by atoms with Crippen LogP contribution in [0.2, 0.25) is 0 Å². The second-order valence-electron chi connectivity index (χ2n) is 5.25. The molecule has 0 spiro atoms. The van der Waals surface area contributed by atoms with E-state index >= 15 is 0 Å². The van der Waals surface area contributed by atoms with Crippen LogP contribution < -0.4 is 5.32 Å². The number of carboxylic acid groups (broad SMARTS) is 1. The molecule has 0 aliphatic carbocycles. The smallest absolute Gasteiger partial charge is 0.314 e. The van der Waals surface area contributed by atoms with Crippen LogP contribution in [0.4, 0.5) is 0 Å². The lowest BCUT2D eigenvalue weighted by Crippen LogP contribution is -2.27. The summed E-state index contributed by atoms with van der Waals surface area (Å²) in [4.78, 5) is 15.8. The fourth-order valence-corrected chi connectivity index (χ4v) is 3.01. The maximum Gasteiger partial charge on any atom is 0.314 e. The summed E-state index contributed by atoms with van der Waals surface area (Å²) in [6.07, 6.45) is 7.24. The number of fused-ring (bicyclic) bond motifs is 1. The summed E-state index contributed by atoms with van der Waals surface area (Å²) in [5, 5.41) is 12.7. The van der Waals surface area contributed by atoms with Gasteiger partial charge in [-0.3, -0.25) is 4.79 Å². The largest absolute Gasteiger partial charge is 0.481 e. The number of rotatable bonds is 2. The van der Waals surface area contributed by atoms with Crippen LogP contribution >= 0.6 is 0 Å². The fraction of sp³-hybridized carbons (Fsp3) is 0.692. The molecule has 0 radical (unpaired) electrons. The lowest BCUT2D eigenvalue weighted by molar-refractivity contribution is -0.139. The molecule has 5 heteroatoms. The van der Waals surface area contributed by atoms with Gasteiger partial charge >= 0.3 is 5.97 Å². The first-order chi connectivity index (χ1) is 8.75. The Labute approximate surface area is 106 Å². The molecule has 2 N–H and O–H groups in total. The number of aliphatic carboxylic acids is 1. The summed E-state index contributed by atoms with van der Waals surface area (Å²) < 4.78 is 2.04. The maximum absolute atomic E-state index is 11.2. The van der Waals surface area contributed by atoms with Crippen molar-refractivity contribution < 1.29 is 9.90 Å². The van der Waals surface area contributed by atoms with E-state index in [1.54, 1.807) is 0 Å². The molecular weight excluding hydrogens is 230 g/mol. The van der Waals surface area contributed by atoms with Gasteiger partial charge in [-0.05, 0) is 32.2 Å². The van der Waals surface area contributed by atoms with Crippen LogP contribution in [0.25, 0.3) is 0 Å². The SMILES string of the molecule is O=C(O)C1CCCn2cc(C3CCCCN3)nc21. The number of aromatic nitrogens is 2. The van der Waals surface area contributed by atoms with E-state index < -0.39 is 11.9 Å². The molecule has 0 aromatic carbocycles. The van der Waals surface area contributed by atoms with Crippen molar-refractivity contribution >= 4 is 5.97 Å². The van der Waals surface area contributed by atoms with Gasteiger partial charge in [0.05, 0.1) is 11.7 Å². The average molecular weight is 249 g/mol. The van der Waals surface area contributed by atoms with Gasteiger partial charge in [0.1, 0.15) is 11.7 Å². The highest BCUT2D eigenvalue weighted by Crippen LogP contribution is 2.30. The molecule has 0 amide bonds. The molecule has 18 heavy (non-hydrogen) atoms. The fourth-order valence-electron chi connectivity index (χ4n) is 3.01. The Hall–Kier alpha value is -1.36. The standard InChI is InChI=1S/C13H19N3O2/c17-13(18)9-4-3-7-16-8-11(15-12(9)16)10-5-1-2-6-14-10/h8-10,14H,1-7H2,(H,17,18). The summed E-state index contributed by atoms with van der Waals surface area (Å²) in [7, 11) is 0. The molecule has 98 valence electrons.